The zero-order chi connectivity index (χ0) is 19.3. The van der Waals surface area contributed by atoms with Crippen molar-refractivity contribution in [2.45, 2.75) is 44.7 Å². The number of rotatable bonds is 5. The lowest BCUT2D eigenvalue weighted by atomic mass is 10.0. The van der Waals surface area contributed by atoms with Gasteiger partial charge >= 0.3 is 0 Å². The van der Waals surface area contributed by atoms with Crippen LogP contribution in [0.15, 0.2) is 24.5 Å². The largest absolute Gasteiger partial charge is 0.348 e. The summed E-state index contributed by atoms with van der Waals surface area (Å²) in [5.41, 5.74) is 0.236. The van der Waals surface area contributed by atoms with Crippen LogP contribution < -0.4 is 10.2 Å². The minimum atomic E-state index is -0.413. The number of thiazole rings is 1. The average molecular weight is 404 g/mol. The molecule has 2 aliphatic heterocycles. The van der Waals surface area contributed by atoms with E-state index in [1.807, 2.05) is 0 Å². The molecule has 2 saturated heterocycles. The Balaban J connectivity index is 1.29. The first-order valence-corrected chi connectivity index (χ1v) is 10.8. The van der Waals surface area contributed by atoms with Crippen molar-refractivity contribution in [3.8, 4) is 0 Å². The van der Waals surface area contributed by atoms with Crippen molar-refractivity contribution in [2.24, 2.45) is 0 Å². The molecule has 6 nitrogen and oxygen atoms in total. The highest BCUT2D eigenvalue weighted by Crippen LogP contribution is 2.28. The molecule has 0 atom stereocenters. The number of nitrogens with one attached hydrogen (secondary N) is 1. The van der Waals surface area contributed by atoms with Crippen molar-refractivity contribution < 1.29 is 9.18 Å². The summed E-state index contributed by atoms with van der Waals surface area (Å²) in [7, 11) is 0. The number of nitrogens with zero attached hydrogens (tertiary/aromatic N) is 4. The SMILES string of the molecule is O=C(NCc1ncccc1F)c1cnc(N2CCC(N3CCCCC3)CC2)s1. The molecule has 1 amide bonds. The van der Waals surface area contributed by atoms with Crippen LogP contribution in [-0.4, -0.2) is 53.0 Å². The molecule has 1 N–H and O–H groups in total. The van der Waals surface area contributed by atoms with Crippen LogP contribution in [0, 0.1) is 5.82 Å². The van der Waals surface area contributed by atoms with E-state index in [1.54, 1.807) is 6.20 Å². The molecule has 2 aliphatic rings. The Morgan fingerprint density at radius 2 is 1.96 bits per heavy atom. The van der Waals surface area contributed by atoms with Gasteiger partial charge in [0.05, 0.1) is 18.4 Å². The lowest BCUT2D eigenvalue weighted by Crippen LogP contribution is -2.46. The second-order valence-electron chi connectivity index (χ2n) is 7.44. The summed E-state index contributed by atoms with van der Waals surface area (Å²) >= 11 is 1.40. The molecule has 0 radical (unpaired) electrons. The first kappa shape index (κ1) is 19.3. The zero-order valence-electron chi connectivity index (χ0n) is 15.9. The monoisotopic (exact) mass is 403 g/mol. The van der Waals surface area contributed by atoms with Crippen LogP contribution in [0.5, 0.6) is 0 Å². The maximum atomic E-state index is 13.6. The Morgan fingerprint density at radius 1 is 1.18 bits per heavy atom. The Bertz CT molecular complexity index is 799. The van der Waals surface area contributed by atoms with Gasteiger partial charge in [0.25, 0.3) is 5.91 Å². The Morgan fingerprint density at radius 3 is 2.71 bits per heavy atom. The van der Waals surface area contributed by atoms with Gasteiger partial charge in [-0.3, -0.25) is 9.78 Å². The molecule has 0 aliphatic carbocycles. The number of pyridine rings is 1. The minimum absolute atomic E-state index is 0.0694. The fraction of sp³-hybridized carbons (Fsp3) is 0.550. The van der Waals surface area contributed by atoms with Crippen molar-refractivity contribution in [3.05, 3.63) is 40.9 Å². The van der Waals surface area contributed by atoms with Gasteiger partial charge in [-0.2, -0.15) is 0 Å². The van der Waals surface area contributed by atoms with Gasteiger partial charge in [-0.15, -0.1) is 0 Å². The lowest BCUT2D eigenvalue weighted by Gasteiger charge is -2.40. The normalized spacial score (nSPS) is 19.0. The van der Waals surface area contributed by atoms with Crippen LogP contribution in [0.25, 0.3) is 0 Å². The number of carbonyl (C=O) groups excluding carboxylic acids is 1. The molecule has 2 aromatic rings. The summed E-state index contributed by atoms with van der Waals surface area (Å²) in [4.78, 5) is 26.2. The number of hydrogen-bond donors (Lipinski definition) is 1. The topological polar surface area (TPSA) is 61.4 Å². The molecule has 0 spiro atoms. The number of aromatic nitrogens is 2. The summed E-state index contributed by atoms with van der Waals surface area (Å²) < 4.78 is 13.6. The highest BCUT2D eigenvalue weighted by molar-refractivity contribution is 7.17. The van der Waals surface area contributed by atoms with E-state index < -0.39 is 5.82 Å². The molecule has 4 heterocycles. The number of amides is 1. The van der Waals surface area contributed by atoms with Crippen LogP contribution in [0.1, 0.15) is 47.5 Å². The van der Waals surface area contributed by atoms with Gasteiger partial charge in [-0.1, -0.05) is 17.8 Å². The number of likely N-dealkylation sites (tertiary alicyclic amines) is 1. The van der Waals surface area contributed by atoms with Gasteiger partial charge in [0.2, 0.25) is 0 Å². The van der Waals surface area contributed by atoms with E-state index in [1.165, 1.54) is 62.0 Å². The van der Waals surface area contributed by atoms with Gasteiger partial charge in [-0.05, 0) is 50.9 Å². The van der Waals surface area contributed by atoms with Crippen molar-refractivity contribution in [2.75, 3.05) is 31.1 Å². The first-order valence-electron chi connectivity index (χ1n) is 10.0. The third-order valence-electron chi connectivity index (χ3n) is 5.61. The summed E-state index contributed by atoms with van der Waals surface area (Å²) in [6, 6.07) is 3.56. The van der Waals surface area contributed by atoms with Crippen molar-refractivity contribution in [3.63, 3.8) is 0 Å². The Kier molecular flexibility index (Phi) is 6.17. The fourth-order valence-corrected chi connectivity index (χ4v) is 4.91. The van der Waals surface area contributed by atoms with E-state index in [4.69, 9.17) is 0 Å². The Hall–Kier alpha value is -2.06. The third kappa shape index (κ3) is 4.50. The molecule has 2 fully saturated rings. The molecule has 28 heavy (non-hydrogen) atoms. The van der Waals surface area contributed by atoms with E-state index in [9.17, 15) is 9.18 Å². The molecule has 8 heteroatoms. The van der Waals surface area contributed by atoms with Gasteiger partial charge < -0.3 is 15.1 Å². The summed E-state index contributed by atoms with van der Waals surface area (Å²) in [5.74, 6) is -0.652. The smallest absolute Gasteiger partial charge is 0.263 e. The Labute approximate surface area is 168 Å². The maximum absolute atomic E-state index is 13.6. The molecule has 0 bridgehead atoms. The van der Waals surface area contributed by atoms with Gasteiger partial charge in [0, 0.05) is 25.3 Å². The quantitative estimate of drug-likeness (QED) is 0.831. The number of hydrogen-bond acceptors (Lipinski definition) is 6. The van der Waals surface area contributed by atoms with E-state index in [2.05, 4.69) is 25.1 Å². The fourth-order valence-electron chi connectivity index (χ4n) is 4.02. The van der Waals surface area contributed by atoms with Crippen molar-refractivity contribution in [1.82, 2.24) is 20.2 Å². The summed E-state index contributed by atoms with van der Waals surface area (Å²) in [5, 5.41) is 3.62. The average Bonchev–Trinajstić information content (AvgIpc) is 3.24. The number of anilines is 1. The van der Waals surface area contributed by atoms with Gasteiger partial charge in [-0.25, -0.2) is 9.37 Å². The lowest BCUT2D eigenvalue weighted by molar-refractivity contribution is 0.0954. The standard InChI is InChI=1S/C20H26FN5OS/c21-16-5-4-8-22-17(16)13-23-19(27)18-14-24-20(28-18)26-11-6-15(7-12-26)25-9-2-1-3-10-25/h4-5,8,14-15H,1-3,6-7,9-13H2,(H,23,27). The number of piperidine rings is 2. The molecule has 150 valence electrons. The highest BCUT2D eigenvalue weighted by atomic mass is 32.1. The highest BCUT2D eigenvalue weighted by Gasteiger charge is 2.27. The molecule has 0 saturated carbocycles. The zero-order valence-corrected chi connectivity index (χ0v) is 16.8. The van der Waals surface area contributed by atoms with Crippen LogP contribution in [0.2, 0.25) is 0 Å². The molecular weight excluding hydrogens is 377 g/mol. The maximum Gasteiger partial charge on any atom is 0.263 e. The summed E-state index contributed by atoms with van der Waals surface area (Å²) in [6.07, 6.45) is 9.46. The number of carbonyl (C=O) groups is 1. The predicted octanol–water partition coefficient (Wildman–Crippen LogP) is 3.06. The third-order valence-corrected chi connectivity index (χ3v) is 6.67. The van der Waals surface area contributed by atoms with Crippen LogP contribution >= 0.6 is 11.3 Å². The second-order valence-corrected chi connectivity index (χ2v) is 8.45. The van der Waals surface area contributed by atoms with Crippen LogP contribution in [-0.2, 0) is 6.54 Å². The van der Waals surface area contributed by atoms with Gasteiger partial charge in [0.15, 0.2) is 5.13 Å². The number of halogens is 1. The van der Waals surface area contributed by atoms with E-state index in [0.717, 1.165) is 31.1 Å². The molecule has 0 aromatic carbocycles. The van der Waals surface area contributed by atoms with Gasteiger partial charge in [0.1, 0.15) is 10.7 Å². The van der Waals surface area contributed by atoms with E-state index in [0.29, 0.717) is 10.9 Å². The predicted molar refractivity (Wildman–Crippen MR) is 108 cm³/mol. The van der Waals surface area contributed by atoms with Crippen LogP contribution in [0.4, 0.5) is 9.52 Å². The first-order chi connectivity index (χ1) is 13.7. The van der Waals surface area contributed by atoms with Crippen molar-refractivity contribution in [1.29, 1.82) is 0 Å². The second kappa shape index (κ2) is 8.96. The van der Waals surface area contributed by atoms with Crippen molar-refractivity contribution >= 4 is 22.4 Å². The minimum Gasteiger partial charge on any atom is -0.348 e. The van der Waals surface area contributed by atoms with Crippen LogP contribution in [0.3, 0.4) is 0 Å². The molecule has 0 unspecified atom stereocenters. The van der Waals surface area contributed by atoms with E-state index in [-0.39, 0.29) is 18.1 Å². The summed E-state index contributed by atoms with van der Waals surface area (Å²) in [6.45, 7) is 4.51. The molecular formula is C20H26FN5OS. The molecule has 4 rings (SSSR count). The molecule has 2 aromatic heterocycles. The van der Waals surface area contributed by atoms with E-state index >= 15 is 0 Å².